The molecule has 0 spiro atoms. The Morgan fingerprint density at radius 3 is 2.44 bits per heavy atom. The first-order valence-electron chi connectivity index (χ1n) is 7.77. The summed E-state index contributed by atoms with van der Waals surface area (Å²) in [4.78, 5) is 39.1. The fraction of sp³-hybridized carbons (Fsp3) is 0.455. The topological polar surface area (TPSA) is 253 Å². The van der Waals surface area contributed by atoms with Gasteiger partial charge in [0.1, 0.15) is 12.2 Å². The van der Waals surface area contributed by atoms with Crippen molar-refractivity contribution in [3.63, 3.8) is 0 Å². The van der Waals surface area contributed by atoms with Gasteiger partial charge in [-0.2, -0.15) is 13.6 Å². The summed E-state index contributed by atoms with van der Waals surface area (Å²) >= 11 is 4.88. The average Bonchev–Trinajstić information content (AvgIpc) is 2.85. The van der Waals surface area contributed by atoms with Gasteiger partial charge in [0.25, 0.3) is 0 Å². The van der Waals surface area contributed by atoms with Gasteiger partial charge in [0, 0.05) is 6.20 Å². The second kappa shape index (κ2) is 9.26. The third kappa shape index (κ3) is 6.26. The molecule has 8 N–H and O–H groups in total. The number of nitrogens with two attached hydrogens (primary N) is 1. The Bertz CT molecular complexity index is 1140. The zero-order chi connectivity index (χ0) is 24.7. The van der Waals surface area contributed by atoms with Gasteiger partial charge in [-0.3, -0.25) is 9.09 Å². The van der Waals surface area contributed by atoms with Gasteiger partial charge < -0.3 is 40.3 Å². The molecule has 21 heteroatoms. The zero-order valence-corrected chi connectivity index (χ0v) is 18.7. The fourth-order valence-electron chi connectivity index (χ4n) is 2.43. The van der Waals surface area contributed by atoms with Crippen LogP contribution in [-0.4, -0.2) is 63.8 Å². The van der Waals surface area contributed by atoms with E-state index in [1.807, 2.05) is 5.92 Å². The minimum absolute atomic E-state index is 0.427. The molecule has 180 valence electrons. The smallest absolute Gasteiger partial charge is 0.386 e. The van der Waals surface area contributed by atoms with E-state index in [1.165, 1.54) is 0 Å². The normalized spacial score (nSPS) is 29.8. The molecule has 0 aromatic carbocycles. The number of rotatable bonds is 8. The van der Waals surface area contributed by atoms with E-state index in [9.17, 15) is 33.2 Å². The highest BCUT2D eigenvalue weighted by atomic mass is 32.1. The Morgan fingerprint density at radius 1 is 1.31 bits per heavy atom. The molecule has 3 unspecified atom stereocenters. The van der Waals surface area contributed by atoms with Gasteiger partial charge >= 0.3 is 23.5 Å². The summed E-state index contributed by atoms with van der Waals surface area (Å²) in [5.74, 6) is 0.139. The predicted molar refractivity (Wildman–Crippen MR) is 101 cm³/mol. The number of nitrogens with zero attached hydrogens (tertiary/aromatic N) is 2. The molecule has 2 rings (SSSR count). The van der Waals surface area contributed by atoms with E-state index in [4.69, 9.17) is 43.8 Å². The van der Waals surface area contributed by atoms with E-state index in [2.05, 4.69) is 18.1 Å². The lowest BCUT2D eigenvalue weighted by Gasteiger charge is -2.27. The number of halogens is 1. The molecule has 16 nitrogen and oxygen atoms in total. The van der Waals surface area contributed by atoms with Crippen molar-refractivity contribution < 1.29 is 65.8 Å². The predicted octanol–water partition coefficient (Wildman–Crippen LogP) is -0.700. The maximum atomic E-state index is 13.8. The van der Waals surface area contributed by atoms with Gasteiger partial charge in [-0.25, -0.2) is 18.1 Å². The fourth-order valence-corrected chi connectivity index (χ4v) is 5.71. The van der Waals surface area contributed by atoms with Gasteiger partial charge in [-0.1, -0.05) is 5.92 Å². The monoisotopic (exact) mass is 541 g/mol. The van der Waals surface area contributed by atoms with E-state index in [-0.39, 0.29) is 0 Å². The molecular weight excluding hydrogens is 526 g/mol. The van der Waals surface area contributed by atoms with E-state index in [0.717, 1.165) is 0 Å². The highest BCUT2D eigenvalue weighted by Gasteiger charge is 2.56. The summed E-state index contributed by atoms with van der Waals surface area (Å²) in [5, 5.41) is 20.9. The zero-order valence-electron chi connectivity index (χ0n) is 15.2. The Kier molecular flexibility index (Phi) is 7.85. The van der Waals surface area contributed by atoms with Crippen LogP contribution in [0.4, 0.5) is 10.2 Å². The second-order valence-corrected chi connectivity index (χ2v) is 10.8. The van der Waals surface area contributed by atoms with Crippen LogP contribution >= 0.6 is 35.7 Å². The summed E-state index contributed by atoms with van der Waals surface area (Å²) in [6.45, 7) is -1.15. The Balaban J connectivity index is 2.22. The molecular formula is C11H15FN3O13P3S. The van der Waals surface area contributed by atoms with Crippen molar-refractivity contribution in [3.8, 4) is 12.3 Å². The van der Waals surface area contributed by atoms with Crippen molar-refractivity contribution in [2.45, 2.75) is 24.0 Å². The quantitative estimate of drug-likeness (QED) is 0.122. The van der Waals surface area contributed by atoms with Crippen LogP contribution in [0.3, 0.4) is 0 Å². The molecule has 6 atom stereocenters. The number of nitrogen functional groups attached to an aromatic ring is 1. The lowest BCUT2D eigenvalue weighted by atomic mass is 9.95. The third-order valence-electron chi connectivity index (χ3n) is 3.72. The molecule has 0 aliphatic carbocycles. The summed E-state index contributed by atoms with van der Waals surface area (Å²) in [6.07, 6.45) is 0.292. The summed E-state index contributed by atoms with van der Waals surface area (Å²) in [5.41, 5.74) is 2.67. The highest BCUT2D eigenvalue weighted by molar-refractivity contribution is 7.71. The molecule has 1 saturated heterocycles. The first-order valence-corrected chi connectivity index (χ1v) is 12.7. The Labute approximate surface area is 182 Å². The van der Waals surface area contributed by atoms with Crippen LogP contribution in [0.1, 0.15) is 6.23 Å². The van der Waals surface area contributed by atoms with Gasteiger partial charge in [-0.15, -0.1) is 6.42 Å². The lowest BCUT2D eigenvalue weighted by molar-refractivity contribution is -0.0754. The number of hydrogen-bond acceptors (Lipinski definition) is 12. The molecule has 0 bridgehead atoms. The van der Waals surface area contributed by atoms with Gasteiger partial charge in [0.15, 0.2) is 23.5 Å². The maximum absolute atomic E-state index is 13.8. The van der Waals surface area contributed by atoms with Crippen LogP contribution in [0.15, 0.2) is 6.20 Å². The summed E-state index contributed by atoms with van der Waals surface area (Å²) in [7, 11) is -17.0. The molecule has 1 fully saturated rings. The van der Waals surface area contributed by atoms with Gasteiger partial charge in [-0.05, 0) is 12.2 Å². The Morgan fingerprint density at radius 2 is 1.91 bits per heavy atom. The van der Waals surface area contributed by atoms with Crippen molar-refractivity contribution in [1.82, 2.24) is 9.55 Å². The van der Waals surface area contributed by atoms with Gasteiger partial charge in [0.2, 0.25) is 4.77 Å². The first-order chi connectivity index (χ1) is 14.4. The number of terminal acetylenes is 1. The summed E-state index contributed by atoms with van der Waals surface area (Å²) < 4.78 is 64.5. The largest absolute Gasteiger partial charge is 0.490 e. The van der Waals surface area contributed by atoms with E-state index < -0.39 is 70.5 Å². The number of aliphatic hydroxyl groups is 2. The molecule has 1 aliphatic heterocycles. The minimum Gasteiger partial charge on any atom is -0.386 e. The summed E-state index contributed by atoms with van der Waals surface area (Å²) in [6, 6.07) is 0. The first kappa shape index (κ1) is 27.1. The SMILES string of the molecule is C#C[C@@]1(O)C(O)[C@@H](COP(=O)(O)OP(=O)(O)OP(=O)(O)O)O[C@H]1n1cc(F)c(N)nc1=S. The molecule has 0 saturated carbocycles. The van der Waals surface area contributed by atoms with Crippen molar-refractivity contribution in [3.05, 3.63) is 16.8 Å². The van der Waals surface area contributed by atoms with Crippen molar-refractivity contribution in [2.24, 2.45) is 0 Å². The number of phosphoric ester groups is 1. The van der Waals surface area contributed by atoms with Crippen LogP contribution in [0.5, 0.6) is 0 Å². The van der Waals surface area contributed by atoms with Crippen LogP contribution < -0.4 is 5.73 Å². The molecule has 0 amide bonds. The molecule has 0 radical (unpaired) electrons. The van der Waals surface area contributed by atoms with E-state index >= 15 is 0 Å². The second-order valence-electron chi connectivity index (χ2n) is 5.99. The highest BCUT2D eigenvalue weighted by Crippen LogP contribution is 2.66. The minimum atomic E-state index is -5.79. The Hall–Kier alpha value is -1.12. The van der Waals surface area contributed by atoms with Crippen molar-refractivity contribution in [2.75, 3.05) is 12.3 Å². The van der Waals surface area contributed by atoms with Crippen LogP contribution in [0.2, 0.25) is 0 Å². The average molecular weight is 541 g/mol. The molecule has 1 aliphatic rings. The maximum Gasteiger partial charge on any atom is 0.490 e. The molecule has 32 heavy (non-hydrogen) atoms. The molecule has 1 aromatic rings. The number of anilines is 1. The third-order valence-corrected chi connectivity index (χ3v) is 7.82. The van der Waals surface area contributed by atoms with Crippen LogP contribution in [-0.2, 0) is 31.6 Å². The van der Waals surface area contributed by atoms with E-state index in [0.29, 0.717) is 10.8 Å². The van der Waals surface area contributed by atoms with Gasteiger partial charge in [0.05, 0.1) is 6.61 Å². The number of aliphatic hydroxyl groups excluding tert-OH is 1. The number of ether oxygens (including phenoxy) is 1. The van der Waals surface area contributed by atoms with Crippen molar-refractivity contribution in [1.29, 1.82) is 0 Å². The standard InChI is InChI=1S/C11H15FN3O13P3S/c1-2-11(17)7(16)6(26-9(11)15-3-5(12)8(13)14-10(15)32)4-25-30(21,22)28-31(23,24)27-29(18,19)20/h1,3,6-7,9,16-17H,4H2,(H,21,22)(H,23,24)(H2,13,14,32)(H2,18,19,20)/t6-,7?,9-,11-/m1/s1. The van der Waals surface area contributed by atoms with Crippen LogP contribution in [0, 0.1) is 22.9 Å². The number of hydrogen-bond donors (Lipinski definition) is 7. The number of phosphoric acid groups is 3. The van der Waals surface area contributed by atoms with Crippen LogP contribution in [0.25, 0.3) is 0 Å². The lowest BCUT2D eigenvalue weighted by Crippen LogP contribution is -2.46. The molecule has 2 heterocycles. The van der Waals surface area contributed by atoms with Crippen molar-refractivity contribution >= 4 is 41.5 Å². The van der Waals surface area contributed by atoms with E-state index in [1.54, 1.807) is 0 Å². The number of aromatic nitrogens is 2. The molecule has 1 aromatic heterocycles.